The predicted octanol–water partition coefficient (Wildman–Crippen LogP) is 4.40. The molecule has 0 aliphatic carbocycles. The molecule has 0 spiro atoms. The molecule has 120 valence electrons. The van der Waals surface area contributed by atoms with Crippen molar-refractivity contribution in [1.82, 2.24) is 4.98 Å². The van der Waals surface area contributed by atoms with Gasteiger partial charge in [-0.2, -0.15) is 0 Å². The number of phenolic OH excluding ortho intramolecular Hbond substituents is 1. The number of hydrogen-bond acceptors (Lipinski definition) is 6. The van der Waals surface area contributed by atoms with Gasteiger partial charge in [0.15, 0.2) is 5.76 Å². The van der Waals surface area contributed by atoms with E-state index in [1.54, 1.807) is 49.7 Å². The standard InChI is InChI=1S/C18H14N2O3S/c1-12-9-13(4-5-15(21)16-3-2-7-23-16)10-14(17(12)22)11-20-18-19-6-8-24-18/h2-11,22H,1H3/b5-4+,20-11?. The van der Waals surface area contributed by atoms with E-state index in [1.807, 2.05) is 5.38 Å². The zero-order valence-corrected chi connectivity index (χ0v) is 13.7. The van der Waals surface area contributed by atoms with Gasteiger partial charge >= 0.3 is 0 Å². The molecule has 1 N–H and O–H groups in total. The second-order valence-corrected chi connectivity index (χ2v) is 5.90. The van der Waals surface area contributed by atoms with Gasteiger partial charge in [-0.1, -0.05) is 6.08 Å². The Morgan fingerprint density at radius 1 is 1.42 bits per heavy atom. The van der Waals surface area contributed by atoms with Crippen molar-refractivity contribution in [3.05, 3.63) is 70.6 Å². The quantitative estimate of drug-likeness (QED) is 0.425. The predicted molar refractivity (Wildman–Crippen MR) is 94.3 cm³/mol. The maximum Gasteiger partial charge on any atom is 0.221 e. The van der Waals surface area contributed by atoms with E-state index >= 15 is 0 Å². The summed E-state index contributed by atoms with van der Waals surface area (Å²) in [6.07, 6.45) is 7.80. The highest BCUT2D eigenvalue weighted by Crippen LogP contribution is 2.24. The van der Waals surface area contributed by atoms with Gasteiger partial charge < -0.3 is 9.52 Å². The summed E-state index contributed by atoms with van der Waals surface area (Å²) in [5.74, 6) is 0.223. The van der Waals surface area contributed by atoms with Crippen LogP contribution in [0.15, 0.2) is 57.6 Å². The molecule has 0 atom stereocenters. The third-order valence-electron chi connectivity index (χ3n) is 3.28. The number of aliphatic imine (C=N–C) groups is 1. The lowest BCUT2D eigenvalue weighted by Gasteiger charge is -2.05. The minimum atomic E-state index is -0.219. The number of benzene rings is 1. The first-order valence-corrected chi connectivity index (χ1v) is 8.04. The van der Waals surface area contributed by atoms with Crippen LogP contribution in [0, 0.1) is 6.92 Å². The molecule has 2 heterocycles. The normalized spacial score (nSPS) is 11.5. The highest BCUT2D eigenvalue weighted by Gasteiger charge is 2.07. The Morgan fingerprint density at radius 3 is 3.00 bits per heavy atom. The molecule has 0 bridgehead atoms. The number of carbonyl (C=O) groups excluding carboxylic acids is 1. The van der Waals surface area contributed by atoms with E-state index in [4.69, 9.17) is 4.42 Å². The van der Waals surface area contributed by atoms with Crippen LogP contribution in [0.2, 0.25) is 0 Å². The number of aromatic hydroxyl groups is 1. The largest absolute Gasteiger partial charge is 0.507 e. The Morgan fingerprint density at radius 2 is 2.29 bits per heavy atom. The number of aromatic nitrogens is 1. The second-order valence-electron chi connectivity index (χ2n) is 5.02. The van der Waals surface area contributed by atoms with Gasteiger partial charge in [0.1, 0.15) is 5.75 Å². The monoisotopic (exact) mass is 338 g/mol. The molecule has 0 fully saturated rings. The number of carbonyl (C=O) groups is 1. The van der Waals surface area contributed by atoms with Crippen molar-refractivity contribution in [2.75, 3.05) is 0 Å². The van der Waals surface area contributed by atoms with E-state index in [0.29, 0.717) is 16.3 Å². The number of rotatable bonds is 5. The van der Waals surface area contributed by atoms with Crippen LogP contribution in [0.1, 0.15) is 27.2 Å². The molecule has 0 unspecified atom stereocenters. The van der Waals surface area contributed by atoms with E-state index in [-0.39, 0.29) is 17.3 Å². The Kier molecular flexibility index (Phi) is 4.67. The summed E-state index contributed by atoms with van der Waals surface area (Å²) in [4.78, 5) is 20.2. The maximum atomic E-state index is 11.9. The molecule has 0 aliphatic rings. The average molecular weight is 338 g/mol. The van der Waals surface area contributed by atoms with Gasteiger partial charge in [-0.25, -0.2) is 9.98 Å². The maximum absolute atomic E-state index is 11.9. The Balaban J connectivity index is 1.85. The first-order valence-electron chi connectivity index (χ1n) is 7.16. The summed E-state index contributed by atoms with van der Waals surface area (Å²) in [5, 5.41) is 12.6. The van der Waals surface area contributed by atoms with Crippen LogP contribution in [-0.4, -0.2) is 22.1 Å². The smallest absolute Gasteiger partial charge is 0.221 e. The Hall–Kier alpha value is -2.99. The average Bonchev–Trinajstić information content (AvgIpc) is 3.27. The molecule has 6 heteroatoms. The lowest BCUT2D eigenvalue weighted by Crippen LogP contribution is -1.92. The minimum absolute atomic E-state index is 0.157. The number of allylic oxidation sites excluding steroid dienone is 1. The van der Waals surface area contributed by atoms with Crippen LogP contribution in [0.4, 0.5) is 5.13 Å². The number of ketones is 1. The lowest BCUT2D eigenvalue weighted by atomic mass is 10.0. The number of nitrogens with zero attached hydrogens (tertiary/aromatic N) is 2. The van der Waals surface area contributed by atoms with E-state index in [9.17, 15) is 9.90 Å². The van der Waals surface area contributed by atoms with Crippen molar-refractivity contribution >= 4 is 34.5 Å². The molecule has 1 aromatic carbocycles. The highest BCUT2D eigenvalue weighted by atomic mass is 32.1. The topological polar surface area (TPSA) is 75.7 Å². The molecular weight excluding hydrogens is 324 g/mol. The summed E-state index contributed by atoms with van der Waals surface area (Å²) < 4.78 is 5.06. The SMILES string of the molecule is Cc1cc(/C=C/C(=O)c2ccco2)cc(C=Nc2nccs2)c1O. The molecule has 5 nitrogen and oxygen atoms in total. The zero-order valence-electron chi connectivity index (χ0n) is 12.8. The molecule has 0 radical (unpaired) electrons. The number of hydrogen-bond donors (Lipinski definition) is 1. The third kappa shape index (κ3) is 3.67. The van der Waals surface area contributed by atoms with Gasteiger partial charge in [-0.05, 0) is 48.4 Å². The Bertz CT molecular complexity index is 895. The van der Waals surface area contributed by atoms with Crippen molar-refractivity contribution in [3.8, 4) is 5.75 Å². The van der Waals surface area contributed by atoms with Crippen LogP contribution in [-0.2, 0) is 0 Å². The van der Waals surface area contributed by atoms with Crippen molar-refractivity contribution in [1.29, 1.82) is 0 Å². The van der Waals surface area contributed by atoms with Crippen molar-refractivity contribution in [2.45, 2.75) is 6.92 Å². The van der Waals surface area contributed by atoms with Gasteiger partial charge in [0.25, 0.3) is 0 Å². The van der Waals surface area contributed by atoms with E-state index in [0.717, 1.165) is 5.56 Å². The molecule has 0 saturated heterocycles. The van der Waals surface area contributed by atoms with Gasteiger partial charge in [-0.15, -0.1) is 11.3 Å². The van der Waals surface area contributed by atoms with Crippen LogP contribution >= 0.6 is 11.3 Å². The van der Waals surface area contributed by atoms with Crippen LogP contribution in [0.3, 0.4) is 0 Å². The fourth-order valence-corrected chi connectivity index (χ4v) is 2.59. The molecule has 3 aromatic rings. The van der Waals surface area contributed by atoms with Crippen molar-refractivity contribution in [3.63, 3.8) is 0 Å². The summed E-state index contributed by atoms with van der Waals surface area (Å²) in [6.45, 7) is 1.79. The van der Waals surface area contributed by atoms with Crippen LogP contribution < -0.4 is 0 Å². The van der Waals surface area contributed by atoms with Gasteiger partial charge in [-0.3, -0.25) is 4.79 Å². The Labute approximate surface area is 142 Å². The van der Waals surface area contributed by atoms with Crippen LogP contribution in [0.5, 0.6) is 5.75 Å². The molecule has 3 rings (SSSR count). The molecule has 0 aliphatic heterocycles. The number of aryl methyl sites for hydroxylation is 1. The number of thiazole rings is 1. The van der Waals surface area contributed by atoms with E-state index in [1.165, 1.54) is 23.7 Å². The minimum Gasteiger partial charge on any atom is -0.507 e. The molecule has 0 saturated carbocycles. The van der Waals surface area contributed by atoms with E-state index in [2.05, 4.69) is 9.98 Å². The lowest BCUT2D eigenvalue weighted by molar-refractivity contribution is 0.102. The number of phenols is 1. The third-order valence-corrected chi connectivity index (χ3v) is 3.96. The van der Waals surface area contributed by atoms with Gasteiger partial charge in [0.05, 0.1) is 6.26 Å². The van der Waals surface area contributed by atoms with Crippen molar-refractivity contribution in [2.24, 2.45) is 4.99 Å². The van der Waals surface area contributed by atoms with Gasteiger partial charge in [0.2, 0.25) is 10.9 Å². The van der Waals surface area contributed by atoms with Crippen LogP contribution in [0.25, 0.3) is 6.08 Å². The van der Waals surface area contributed by atoms with Gasteiger partial charge in [0, 0.05) is 23.4 Å². The highest BCUT2D eigenvalue weighted by molar-refractivity contribution is 7.13. The first kappa shape index (κ1) is 15.9. The fourth-order valence-electron chi connectivity index (χ4n) is 2.11. The number of furan rings is 1. The summed E-state index contributed by atoms with van der Waals surface area (Å²) in [6, 6.07) is 6.83. The summed E-state index contributed by atoms with van der Waals surface area (Å²) >= 11 is 1.41. The van der Waals surface area contributed by atoms with E-state index < -0.39 is 0 Å². The summed E-state index contributed by atoms with van der Waals surface area (Å²) in [5.41, 5.74) is 2.05. The first-order chi connectivity index (χ1) is 11.6. The van der Waals surface area contributed by atoms with Crippen molar-refractivity contribution < 1.29 is 14.3 Å². The second kappa shape index (κ2) is 7.06. The summed E-state index contributed by atoms with van der Waals surface area (Å²) in [7, 11) is 0. The molecular formula is C18H14N2O3S. The molecule has 2 aromatic heterocycles. The fraction of sp³-hybridized carbons (Fsp3) is 0.0556. The molecule has 0 amide bonds. The molecule has 24 heavy (non-hydrogen) atoms. The zero-order chi connectivity index (χ0) is 16.9.